The van der Waals surface area contributed by atoms with Gasteiger partial charge in [0.15, 0.2) is 0 Å². The number of carbonyl (C=O) groups is 1. The molecule has 0 bridgehead atoms. The minimum absolute atomic E-state index is 0.0196. The molecule has 30 heavy (non-hydrogen) atoms. The first-order chi connectivity index (χ1) is 14.6. The number of carbonyl (C=O) groups excluding carboxylic acids is 1. The van der Waals surface area contributed by atoms with Crippen molar-refractivity contribution in [1.82, 2.24) is 29.7 Å². The minimum atomic E-state index is -0.368. The van der Waals surface area contributed by atoms with E-state index in [9.17, 15) is 4.79 Å². The van der Waals surface area contributed by atoms with Gasteiger partial charge < -0.3 is 9.88 Å². The largest absolute Gasteiger partial charge is 0.354 e. The van der Waals surface area contributed by atoms with Gasteiger partial charge in [-0.25, -0.2) is 4.98 Å². The molecule has 0 saturated heterocycles. The van der Waals surface area contributed by atoms with Crippen LogP contribution in [0.3, 0.4) is 0 Å². The van der Waals surface area contributed by atoms with Crippen molar-refractivity contribution < 1.29 is 4.79 Å². The van der Waals surface area contributed by atoms with Gasteiger partial charge in [-0.15, -0.1) is 0 Å². The highest BCUT2D eigenvalue weighted by molar-refractivity contribution is 5.83. The summed E-state index contributed by atoms with van der Waals surface area (Å²) in [6.07, 6.45) is 10.7. The van der Waals surface area contributed by atoms with E-state index in [1.807, 2.05) is 36.9 Å². The Morgan fingerprint density at radius 2 is 1.90 bits per heavy atom. The molecule has 3 aromatic heterocycles. The SMILES string of the molecule is CC(C)n1cnc2c1[C@@H](C(=O)NCCc1cccnc1)N(Cc1cccnc1)CC2. The van der Waals surface area contributed by atoms with Gasteiger partial charge in [0.25, 0.3) is 0 Å². The molecule has 1 aliphatic rings. The molecule has 1 N–H and O–H groups in total. The van der Waals surface area contributed by atoms with E-state index in [4.69, 9.17) is 0 Å². The van der Waals surface area contributed by atoms with Crippen molar-refractivity contribution in [2.45, 2.75) is 45.3 Å². The molecular weight excluding hydrogens is 376 g/mol. The van der Waals surface area contributed by atoms with Crippen molar-refractivity contribution in [1.29, 1.82) is 0 Å². The number of pyridine rings is 2. The molecule has 4 rings (SSSR count). The monoisotopic (exact) mass is 404 g/mol. The number of aromatic nitrogens is 4. The Morgan fingerprint density at radius 1 is 1.17 bits per heavy atom. The molecule has 1 aliphatic heterocycles. The number of nitrogens with zero attached hydrogens (tertiary/aromatic N) is 5. The normalized spacial score (nSPS) is 16.4. The second-order valence-electron chi connectivity index (χ2n) is 7.96. The Morgan fingerprint density at radius 3 is 2.57 bits per heavy atom. The highest BCUT2D eigenvalue weighted by Gasteiger charge is 2.36. The maximum atomic E-state index is 13.4. The lowest BCUT2D eigenvalue weighted by molar-refractivity contribution is -0.127. The number of fused-ring (bicyclic) bond motifs is 1. The molecule has 0 aromatic carbocycles. The summed E-state index contributed by atoms with van der Waals surface area (Å²) < 4.78 is 2.14. The molecular formula is C23H28N6O. The van der Waals surface area contributed by atoms with Gasteiger partial charge in [-0.1, -0.05) is 12.1 Å². The zero-order valence-corrected chi connectivity index (χ0v) is 17.5. The third-order valence-electron chi connectivity index (χ3n) is 5.52. The van der Waals surface area contributed by atoms with E-state index >= 15 is 0 Å². The van der Waals surface area contributed by atoms with E-state index in [-0.39, 0.29) is 18.0 Å². The van der Waals surface area contributed by atoms with E-state index in [2.05, 4.69) is 49.6 Å². The second kappa shape index (κ2) is 9.17. The van der Waals surface area contributed by atoms with Gasteiger partial charge in [-0.05, 0) is 43.5 Å². The summed E-state index contributed by atoms with van der Waals surface area (Å²) in [6, 6.07) is 7.81. The number of hydrogen-bond acceptors (Lipinski definition) is 5. The van der Waals surface area contributed by atoms with Crippen molar-refractivity contribution in [2.75, 3.05) is 13.1 Å². The van der Waals surface area contributed by atoms with Crippen LogP contribution in [0.1, 0.15) is 48.4 Å². The molecule has 1 atom stereocenters. The molecule has 0 unspecified atom stereocenters. The maximum absolute atomic E-state index is 13.4. The van der Waals surface area contributed by atoms with E-state index in [1.54, 1.807) is 12.4 Å². The fourth-order valence-corrected chi connectivity index (χ4v) is 4.02. The lowest BCUT2D eigenvalue weighted by atomic mass is 10.00. The molecule has 0 radical (unpaired) electrons. The van der Waals surface area contributed by atoms with Gasteiger partial charge in [-0.2, -0.15) is 0 Å². The molecule has 0 aliphatic carbocycles. The van der Waals surface area contributed by atoms with Gasteiger partial charge in [0, 0.05) is 56.9 Å². The summed E-state index contributed by atoms with van der Waals surface area (Å²) in [5, 5.41) is 3.15. The molecule has 156 valence electrons. The summed E-state index contributed by atoms with van der Waals surface area (Å²) in [5.74, 6) is 0.0196. The Bertz CT molecular complexity index is 970. The zero-order chi connectivity index (χ0) is 20.9. The lowest BCUT2D eigenvalue weighted by Gasteiger charge is -2.35. The molecule has 7 nitrogen and oxygen atoms in total. The first-order valence-corrected chi connectivity index (χ1v) is 10.5. The van der Waals surface area contributed by atoms with Gasteiger partial charge in [0.2, 0.25) is 5.91 Å². The molecule has 7 heteroatoms. The van der Waals surface area contributed by atoms with Crippen molar-refractivity contribution >= 4 is 5.91 Å². The third-order valence-corrected chi connectivity index (χ3v) is 5.52. The van der Waals surface area contributed by atoms with Crippen LogP contribution in [-0.2, 0) is 24.2 Å². The van der Waals surface area contributed by atoms with E-state index in [0.717, 1.165) is 41.9 Å². The standard InChI is InChI=1S/C23H28N6O/c1-17(2)29-16-27-20-8-12-28(15-19-6-4-10-25-14-19)22(21(20)29)23(30)26-11-7-18-5-3-9-24-13-18/h3-6,9-10,13-14,16-17,22H,7-8,11-12,15H2,1-2H3,(H,26,30)/t22-/m0/s1. The number of nitrogens with one attached hydrogen (secondary N) is 1. The number of amides is 1. The van der Waals surface area contributed by atoms with Crippen LogP contribution in [0.25, 0.3) is 0 Å². The Balaban J connectivity index is 1.56. The van der Waals surface area contributed by atoms with Crippen LogP contribution in [0.15, 0.2) is 55.4 Å². The summed E-state index contributed by atoms with van der Waals surface area (Å²) in [4.78, 5) is 28.6. The van der Waals surface area contributed by atoms with Crippen LogP contribution < -0.4 is 5.32 Å². The number of imidazole rings is 1. The van der Waals surface area contributed by atoms with Gasteiger partial charge in [0.05, 0.1) is 17.7 Å². The molecule has 3 aromatic rings. The topological polar surface area (TPSA) is 75.9 Å². The molecule has 0 saturated carbocycles. The average Bonchev–Trinajstić information content (AvgIpc) is 3.19. The van der Waals surface area contributed by atoms with Crippen LogP contribution in [0.2, 0.25) is 0 Å². The molecule has 1 amide bonds. The smallest absolute Gasteiger partial charge is 0.243 e. The second-order valence-corrected chi connectivity index (χ2v) is 7.96. The number of hydrogen-bond donors (Lipinski definition) is 1. The first kappa shape index (κ1) is 20.2. The van der Waals surface area contributed by atoms with Crippen LogP contribution in [-0.4, -0.2) is 43.4 Å². The van der Waals surface area contributed by atoms with Crippen molar-refractivity contribution in [3.8, 4) is 0 Å². The summed E-state index contributed by atoms with van der Waals surface area (Å²) in [7, 11) is 0. The summed E-state index contributed by atoms with van der Waals surface area (Å²) in [5.41, 5.74) is 4.25. The first-order valence-electron chi connectivity index (χ1n) is 10.5. The maximum Gasteiger partial charge on any atom is 0.243 e. The van der Waals surface area contributed by atoms with Crippen LogP contribution in [0, 0.1) is 0 Å². The number of rotatable bonds is 7. The van der Waals surface area contributed by atoms with Crippen LogP contribution in [0.5, 0.6) is 0 Å². The predicted octanol–water partition coefficient (Wildman–Crippen LogP) is 2.71. The van der Waals surface area contributed by atoms with Crippen LogP contribution >= 0.6 is 0 Å². The molecule has 4 heterocycles. The van der Waals surface area contributed by atoms with Crippen molar-refractivity contribution in [2.24, 2.45) is 0 Å². The highest BCUT2D eigenvalue weighted by Crippen LogP contribution is 2.32. The summed E-state index contributed by atoms with van der Waals surface area (Å²) >= 11 is 0. The fourth-order valence-electron chi connectivity index (χ4n) is 4.02. The lowest BCUT2D eigenvalue weighted by Crippen LogP contribution is -2.45. The minimum Gasteiger partial charge on any atom is -0.354 e. The highest BCUT2D eigenvalue weighted by atomic mass is 16.2. The van der Waals surface area contributed by atoms with Crippen LogP contribution in [0.4, 0.5) is 0 Å². The van der Waals surface area contributed by atoms with Crippen molar-refractivity contribution in [3.63, 3.8) is 0 Å². The Kier molecular flexibility index (Phi) is 6.18. The van der Waals surface area contributed by atoms with Crippen molar-refractivity contribution in [3.05, 3.63) is 77.9 Å². The van der Waals surface area contributed by atoms with E-state index < -0.39 is 0 Å². The molecule has 0 spiro atoms. The van der Waals surface area contributed by atoms with Gasteiger partial charge >= 0.3 is 0 Å². The average molecular weight is 405 g/mol. The molecule has 0 fully saturated rings. The Labute approximate surface area is 177 Å². The zero-order valence-electron chi connectivity index (χ0n) is 17.5. The Hall–Kier alpha value is -3.06. The predicted molar refractivity (Wildman–Crippen MR) is 115 cm³/mol. The van der Waals surface area contributed by atoms with E-state index in [0.29, 0.717) is 13.1 Å². The van der Waals surface area contributed by atoms with Gasteiger partial charge in [0.1, 0.15) is 6.04 Å². The third kappa shape index (κ3) is 4.41. The summed E-state index contributed by atoms with van der Waals surface area (Å²) in [6.45, 7) is 6.29. The van der Waals surface area contributed by atoms with Gasteiger partial charge in [-0.3, -0.25) is 19.7 Å². The quantitative estimate of drug-likeness (QED) is 0.655. The van der Waals surface area contributed by atoms with E-state index in [1.165, 1.54) is 0 Å². The fraction of sp³-hybridized carbons (Fsp3) is 0.391.